The molecule has 1 aliphatic rings. The molecule has 1 aliphatic carbocycles. The lowest BCUT2D eigenvalue weighted by Crippen LogP contribution is -2.12. The van der Waals surface area contributed by atoms with E-state index < -0.39 is 5.97 Å². The van der Waals surface area contributed by atoms with Crippen molar-refractivity contribution in [3.05, 3.63) is 18.0 Å². The first-order chi connectivity index (χ1) is 9.11. The molecular weight excluding hydrogens is 248 g/mol. The summed E-state index contributed by atoms with van der Waals surface area (Å²) in [5, 5.41) is 0. The summed E-state index contributed by atoms with van der Waals surface area (Å²) >= 11 is 0. The number of carbonyl (C=O) groups is 2. The van der Waals surface area contributed by atoms with Crippen molar-refractivity contribution >= 4 is 17.6 Å². The van der Waals surface area contributed by atoms with Crippen LogP contribution in [0, 0.1) is 0 Å². The first kappa shape index (κ1) is 13.5. The molecule has 104 valence electrons. The number of rotatable bonds is 6. The summed E-state index contributed by atoms with van der Waals surface area (Å²) in [6.45, 7) is 0.198. The van der Waals surface area contributed by atoms with Crippen molar-refractivity contribution in [2.45, 2.75) is 31.7 Å². The SMILES string of the molecule is COC(=O)CCCOC(=O)c1cc(N)cn1C1CC1. The molecule has 2 N–H and O–H groups in total. The van der Waals surface area contributed by atoms with Gasteiger partial charge < -0.3 is 19.8 Å². The summed E-state index contributed by atoms with van der Waals surface area (Å²) in [5.41, 5.74) is 6.75. The van der Waals surface area contributed by atoms with Crippen molar-refractivity contribution in [3.8, 4) is 0 Å². The van der Waals surface area contributed by atoms with Crippen molar-refractivity contribution in [2.75, 3.05) is 19.5 Å². The average Bonchev–Trinajstić information content (AvgIpc) is 3.17. The molecule has 19 heavy (non-hydrogen) atoms. The molecule has 6 nitrogen and oxygen atoms in total. The summed E-state index contributed by atoms with van der Waals surface area (Å²) < 4.78 is 11.5. The second-order valence-corrected chi connectivity index (χ2v) is 4.61. The minimum absolute atomic E-state index is 0.198. The lowest BCUT2D eigenvalue weighted by atomic mass is 10.3. The summed E-state index contributed by atoms with van der Waals surface area (Å²) in [5.74, 6) is -0.699. The minimum atomic E-state index is -0.395. The number of hydrogen-bond donors (Lipinski definition) is 1. The third-order valence-electron chi connectivity index (χ3n) is 3.01. The van der Waals surface area contributed by atoms with E-state index in [1.807, 2.05) is 4.57 Å². The lowest BCUT2D eigenvalue weighted by Gasteiger charge is -2.07. The summed E-state index contributed by atoms with van der Waals surface area (Å²) in [6, 6.07) is 2.00. The minimum Gasteiger partial charge on any atom is -0.469 e. The van der Waals surface area contributed by atoms with Crippen molar-refractivity contribution in [3.63, 3.8) is 0 Å². The lowest BCUT2D eigenvalue weighted by molar-refractivity contribution is -0.140. The van der Waals surface area contributed by atoms with E-state index in [0.717, 1.165) is 12.8 Å². The molecule has 0 bridgehead atoms. The predicted octanol–water partition coefficient (Wildman–Crippen LogP) is 1.52. The van der Waals surface area contributed by atoms with Gasteiger partial charge in [-0.2, -0.15) is 0 Å². The Morgan fingerprint density at radius 2 is 2.21 bits per heavy atom. The normalized spacial score (nSPS) is 14.2. The van der Waals surface area contributed by atoms with Gasteiger partial charge in [-0.25, -0.2) is 4.79 Å². The van der Waals surface area contributed by atoms with Gasteiger partial charge in [0.05, 0.1) is 19.4 Å². The van der Waals surface area contributed by atoms with Crippen molar-refractivity contribution in [1.82, 2.24) is 4.57 Å². The van der Waals surface area contributed by atoms with E-state index in [9.17, 15) is 9.59 Å². The fourth-order valence-corrected chi connectivity index (χ4v) is 1.88. The Balaban J connectivity index is 1.84. The van der Waals surface area contributed by atoms with E-state index in [2.05, 4.69) is 4.74 Å². The van der Waals surface area contributed by atoms with Crippen LogP contribution in [0.5, 0.6) is 0 Å². The molecule has 0 saturated heterocycles. The highest BCUT2D eigenvalue weighted by atomic mass is 16.5. The van der Waals surface area contributed by atoms with Crippen LogP contribution in [-0.2, 0) is 14.3 Å². The van der Waals surface area contributed by atoms with E-state index in [0.29, 0.717) is 23.8 Å². The van der Waals surface area contributed by atoms with Gasteiger partial charge in [0.1, 0.15) is 5.69 Å². The van der Waals surface area contributed by atoms with Gasteiger partial charge in [-0.3, -0.25) is 4.79 Å². The van der Waals surface area contributed by atoms with Crippen LogP contribution < -0.4 is 5.73 Å². The van der Waals surface area contributed by atoms with Crippen LogP contribution in [0.1, 0.15) is 42.2 Å². The zero-order valence-corrected chi connectivity index (χ0v) is 10.9. The molecule has 1 aromatic rings. The van der Waals surface area contributed by atoms with E-state index in [-0.39, 0.29) is 19.0 Å². The van der Waals surface area contributed by atoms with Gasteiger partial charge in [0.15, 0.2) is 0 Å². The van der Waals surface area contributed by atoms with Crippen molar-refractivity contribution in [2.24, 2.45) is 0 Å². The standard InChI is InChI=1S/C13H18N2O4/c1-18-12(16)3-2-6-19-13(17)11-7-9(14)8-15(11)10-4-5-10/h7-8,10H,2-6,14H2,1H3. The van der Waals surface area contributed by atoms with Crippen molar-refractivity contribution in [1.29, 1.82) is 0 Å². The Labute approximate surface area is 111 Å². The first-order valence-electron chi connectivity index (χ1n) is 6.33. The molecule has 1 fully saturated rings. The van der Waals surface area contributed by atoms with Crippen LogP contribution in [0.25, 0.3) is 0 Å². The maximum absolute atomic E-state index is 11.9. The molecule has 6 heteroatoms. The van der Waals surface area contributed by atoms with Crippen LogP contribution in [0.3, 0.4) is 0 Å². The Bertz CT molecular complexity index is 477. The smallest absolute Gasteiger partial charge is 0.355 e. The number of carbonyl (C=O) groups excluding carboxylic acids is 2. The van der Waals surface area contributed by atoms with Gasteiger partial charge >= 0.3 is 11.9 Å². The fraction of sp³-hybridized carbons (Fsp3) is 0.538. The number of anilines is 1. The third-order valence-corrected chi connectivity index (χ3v) is 3.01. The molecule has 1 saturated carbocycles. The quantitative estimate of drug-likeness (QED) is 0.623. The summed E-state index contributed by atoms with van der Waals surface area (Å²) in [6.07, 6.45) is 4.60. The number of ether oxygens (including phenoxy) is 2. The van der Waals surface area contributed by atoms with Gasteiger partial charge in [0.25, 0.3) is 0 Å². The Kier molecular flexibility index (Phi) is 4.09. The van der Waals surface area contributed by atoms with E-state index in [1.165, 1.54) is 7.11 Å². The third kappa shape index (κ3) is 3.49. The second-order valence-electron chi connectivity index (χ2n) is 4.61. The highest BCUT2D eigenvalue weighted by Gasteiger charge is 2.28. The predicted molar refractivity (Wildman–Crippen MR) is 68.6 cm³/mol. The highest BCUT2D eigenvalue weighted by Crippen LogP contribution is 2.37. The molecular formula is C13H18N2O4. The van der Waals surface area contributed by atoms with Crippen molar-refractivity contribution < 1.29 is 19.1 Å². The van der Waals surface area contributed by atoms with Crippen LogP contribution >= 0.6 is 0 Å². The molecule has 0 radical (unpaired) electrons. The largest absolute Gasteiger partial charge is 0.469 e. The van der Waals surface area contributed by atoms with Gasteiger partial charge in [-0.15, -0.1) is 0 Å². The van der Waals surface area contributed by atoms with Gasteiger partial charge in [0.2, 0.25) is 0 Å². The first-order valence-corrected chi connectivity index (χ1v) is 6.33. The molecule has 0 atom stereocenters. The molecule has 1 aromatic heterocycles. The van der Waals surface area contributed by atoms with E-state index >= 15 is 0 Å². The number of esters is 2. The Morgan fingerprint density at radius 1 is 1.47 bits per heavy atom. The zero-order chi connectivity index (χ0) is 13.8. The highest BCUT2D eigenvalue weighted by molar-refractivity contribution is 5.89. The number of aromatic nitrogens is 1. The van der Waals surface area contributed by atoms with Crippen LogP contribution in [0.15, 0.2) is 12.3 Å². The maximum atomic E-state index is 11.9. The van der Waals surface area contributed by atoms with E-state index in [4.69, 9.17) is 10.5 Å². The topological polar surface area (TPSA) is 83.6 Å². The average molecular weight is 266 g/mol. The van der Waals surface area contributed by atoms with Gasteiger partial charge in [-0.1, -0.05) is 0 Å². The monoisotopic (exact) mass is 266 g/mol. The summed E-state index contributed by atoms with van der Waals surface area (Å²) in [4.78, 5) is 22.8. The fourth-order valence-electron chi connectivity index (χ4n) is 1.88. The number of nitrogen functional groups attached to an aromatic ring is 1. The molecule has 1 heterocycles. The second kappa shape index (κ2) is 5.77. The Morgan fingerprint density at radius 3 is 2.84 bits per heavy atom. The Hall–Kier alpha value is -1.98. The molecule has 0 spiro atoms. The maximum Gasteiger partial charge on any atom is 0.355 e. The number of hydrogen-bond acceptors (Lipinski definition) is 5. The van der Waals surface area contributed by atoms with Gasteiger partial charge in [0, 0.05) is 18.7 Å². The molecule has 0 amide bonds. The number of nitrogens with zero attached hydrogens (tertiary/aromatic N) is 1. The molecule has 2 rings (SSSR count). The molecule has 0 aliphatic heterocycles. The number of methoxy groups -OCH3 is 1. The zero-order valence-electron chi connectivity index (χ0n) is 10.9. The number of nitrogens with two attached hydrogens (primary N) is 1. The van der Waals surface area contributed by atoms with Crippen LogP contribution in [-0.4, -0.2) is 30.2 Å². The van der Waals surface area contributed by atoms with Gasteiger partial charge in [-0.05, 0) is 25.3 Å². The van der Waals surface area contributed by atoms with E-state index in [1.54, 1.807) is 12.3 Å². The van der Waals surface area contributed by atoms with Crippen LogP contribution in [0.4, 0.5) is 5.69 Å². The van der Waals surface area contributed by atoms with Crippen LogP contribution in [0.2, 0.25) is 0 Å². The summed E-state index contributed by atoms with van der Waals surface area (Å²) in [7, 11) is 1.33. The molecule has 0 unspecified atom stereocenters. The molecule has 0 aromatic carbocycles.